The minimum Gasteiger partial charge on any atom is -0.481 e. The molecular weight excluding hydrogens is 490 g/mol. The molecule has 0 bridgehead atoms. The van der Waals surface area contributed by atoms with E-state index < -0.39 is 23.9 Å². The van der Waals surface area contributed by atoms with Crippen LogP contribution in [-0.4, -0.2) is 29.4 Å². The molecule has 2 unspecified atom stereocenters. The van der Waals surface area contributed by atoms with Crippen molar-refractivity contribution in [2.24, 2.45) is 0 Å². The number of carbonyl (C=O) groups excluding carboxylic acids is 2. The SMILES string of the molecule is CCC(Oc1ccc2c(c1)C(c1ccc(F)cc1)N(C(=O)c1ccco1)CC2)C(=O)Nc1cccc(F)c1. The van der Waals surface area contributed by atoms with Gasteiger partial charge in [-0.15, -0.1) is 0 Å². The summed E-state index contributed by atoms with van der Waals surface area (Å²) in [6.07, 6.45) is 1.61. The molecule has 3 aromatic carbocycles. The molecule has 1 aliphatic heterocycles. The van der Waals surface area contributed by atoms with Gasteiger partial charge in [0.25, 0.3) is 11.8 Å². The Kier molecular flexibility index (Phi) is 7.22. The number of furan rings is 1. The van der Waals surface area contributed by atoms with Crippen molar-refractivity contribution in [2.45, 2.75) is 31.9 Å². The van der Waals surface area contributed by atoms with Gasteiger partial charge in [-0.2, -0.15) is 0 Å². The zero-order valence-electron chi connectivity index (χ0n) is 20.7. The summed E-state index contributed by atoms with van der Waals surface area (Å²) in [5.41, 5.74) is 2.92. The summed E-state index contributed by atoms with van der Waals surface area (Å²) in [5, 5.41) is 2.69. The van der Waals surface area contributed by atoms with E-state index in [1.807, 2.05) is 19.1 Å². The van der Waals surface area contributed by atoms with Crippen molar-refractivity contribution in [3.63, 3.8) is 0 Å². The van der Waals surface area contributed by atoms with Crippen LogP contribution in [0.2, 0.25) is 0 Å². The smallest absolute Gasteiger partial charge is 0.290 e. The van der Waals surface area contributed by atoms with Crippen LogP contribution in [0.3, 0.4) is 0 Å². The molecule has 1 aliphatic rings. The molecule has 2 atom stereocenters. The van der Waals surface area contributed by atoms with Crippen LogP contribution >= 0.6 is 0 Å². The molecule has 5 rings (SSSR count). The maximum Gasteiger partial charge on any atom is 0.290 e. The average molecular weight is 517 g/mol. The van der Waals surface area contributed by atoms with Gasteiger partial charge in [0.15, 0.2) is 11.9 Å². The molecule has 1 aromatic heterocycles. The lowest BCUT2D eigenvalue weighted by Crippen LogP contribution is -2.40. The zero-order chi connectivity index (χ0) is 26.6. The number of amides is 2. The van der Waals surface area contributed by atoms with E-state index in [1.165, 1.54) is 36.6 Å². The number of hydrogen-bond donors (Lipinski definition) is 1. The number of nitrogens with zero attached hydrogens (tertiary/aromatic N) is 1. The first-order valence-electron chi connectivity index (χ1n) is 12.4. The van der Waals surface area contributed by atoms with Crippen LogP contribution in [0, 0.1) is 11.6 Å². The lowest BCUT2D eigenvalue weighted by Gasteiger charge is -2.37. The molecule has 0 fully saturated rings. The molecule has 2 heterocycles. The lowest BCUT2D eigenvalue weighted by molar-refractivity contribution is -0.122. The normalized spacial score (nSPS) is 15.4. The van der Waals surface area contributed by atoms with Crippen molar-refractivity contribution in [2.75, 3.05) is 11.9 Å². The fraction of sp³-hybridized carbons (Fsp3) is 0.200. The van der Waals surface area contributed by atoms with Crippen molar-refractivity contribution in [3.8, 4) is 5.75 Å². The van der Waals surface area contributed by atoms with Gasteiger partial charge in [-0.25, -0.2) is 8.78 Å². The Morgan fingerprint density at radius 1 is 1.03 bits per heavy atom. The van der Waals surface area contributed by atoms with Gasteiger partial charge < -0.3 is 19.4 Å². The van der Waals surface area contributed by atoms with Crippen LogP contribution in [0.1, 0.15) is 46.6 Å². The fourth-order valence-electron chi connectivity index (χ4n) is 4.71. The van der Waals surface area contributed by atoms with E-state index in [9.17, 15) is 18.4 Å². The second-order valence-corrected chi connectivity index (χ2v) is 9.05. The van der Waals surface area contributed by atoms with Crippen molar-refractivity contribution in [3.05, 3.63) is 119 Å². The maximum atomic E-state index is 13.8. The summed E-state index contributed by atoms with van der Waals surface area (Å²) in [6.45, 7) is 2.27. The van der Waals surface area contributed by atoms with Crippen LogP contribution in [0.15, 0.2) is 89.5 Å². The minimum absolute atomic E-state index is 0.216. The predicted molar refractivity (Wildman–Crippen MR) is 138 cm³/mol. The summed E-state index contributed by atoms with van der Waals surface area (Å²) in [4.78, 5) is 27.9. The number of carbonyl (C=O) groups is 2. The number of rotatable bonds is 7. The summed E-state index contributed by atoms with van der Waals surface area (Å²) in [6, 6.07) is 20.0. The highest BCUT2D eigenvalue weighted by Gasteiger charge is 2.34. The van der Waals surface area contributed by atoms with Crippen molar-refractivity contribution in [1.82, 2.24) is 4.90 Å². The molecule has 1 N–H and O–H groups in total. The van der Waals surface area contributed by atoms with E-state index >= 15 is 0 Å². The molecule has 6 nitrogen and oxygen atoms in total. The predicted octanol–water partition coefficient (Wildman–Crippen LogP) is 6.14. The van der Waals surface area contributed by atoms with Crippen LogP contribution in [0.25, 0.3) is 0 Å². The summed E-state index contributed by atoms with van der Waals surface area (Å²) >= 11 is 0. The second-order valence-electron chi connectivity index (χ2n) is 9.05. The Balaban J connectivity index is 1.45. The molecular formula is C30H26F2N2O4. The number of halogens is 2. The topological polar surface area (TPSA) is 71.8 Å². The number of anilines is 1. The van der Waals surface area contributed by atoms with E-state index in [0.29, 0.717) is 30.8 Å². The maximum absolute atomic E-state index is 13.8. The third-order valence-corrected chi connectivity index (χ3v) is 6.56. The highest BCUT2D eigenvalue weighted by atomic mass is 19.1. The molecule has 2 amide bonds. The van der Waals surface area contributed by atoms with E-state index in [-0.39, 0.29) is 17.5 Å². The third kappa shape index (κ3) is 5.29. The van der Waals surface area contributed by atoms with Gasteiger partial charge in [-0.05, 0) is 84.1 Å². The molecule has 38 heavy (non-hydrogen) atoms. The van der Waals surface area contributed by atoms with Crippen LogP contribution < -0.4 is 10.1 Å². The van der Waals surface area contributed by atoms with Gasteiger partial charge in [-0.1, -0.05) is 31.2 Å². The highest BCUT2D eigenvalue weighted by Crippen LogP contribution is 2.38. The molecule has 0 aliphatic carbocycles. The monoisotopic (exact) mass is 516 g/mol. The number of nitrogens with one attached hydrogen (secondary N) is 1. The van der Waals surface area contributed by atoms with Crippen LogP contribution in [0.5, 0.6) is 5.75 Å². The number of ether oxygens (including phenoxy) is 1. The Hall–Kier alpha value is -4.46. The Morgan fingerprint density at radius 2 is 1.84 bits per heavy atom. The zero-order valence-corrected chi connectivity index (χ0v) is 20.7. The van der Waals surface area contributed by atoms with E-state index in [0.717, 1.165) is 16.7 Å². The van der Waals surface area contributed by atoms with E-state index in [1.54, 1.807) is 41.3 Å². The second kappa shape index (κ2) is 10.9. The third-order valence-electron chi connectivity index (χ3n) is 6.56. The number of hydrogen-bond acceptors (Lipinski definition) is 4. The Bertz CT molecular complexity index is 1440. The lowest BCUT2D eigenvalue weighted by atomic mass is 9.87. The fourth-order valence-corrected chi connectivity index (χ4v) is 4.71. The van der Waals surface area contributed by atoms with Crippen LogP contribution in [-0.2, 0) is 11.2 Å². The van der Waals surface area contributed by atoms with Crippen molar-refractivity contribution < 1.29 is 27.5 Å². The molecule has 4 aromatic rings. The van der Waals surface area contributed by atoms with Crippen molar-refractivity contribution in [1.29, 1.82) is 0 Å². The molecule has 8 heteroatoms. The summed E-state index contributed by atoms with van der Waals surface area (Å²) in [5.74, 6) is -0.840. The first-order chi connectivity index (χ1) is 18.4. The van der Waals surface area contributed by atoms with Gasteiger partial charge in [0.1, 0.15) is 17.4 Å². The Labute approximate surface area is 218 Å². The van der Waals surface area contributed by atoms with E-state index in [4.69, 9.17) is 9.15 Å². The standard InChI is InChI=1S/C30H26F2N2O4/c1-2-26(29(35)33-23-6-3-5-22(32)17-23)38-24-13-10-19-14-15-34(30(36)27-7-4-16-37-27)28(25(19)18-24)20-8-11-21(31)12-9-20/h3-13,16-18,26,28H,2,14-15H2,1H3,(H,33,35). The number of benzene rings is 3. The molecule has 0 saturated heterocycles. The first-order valence-corrected chi connectivity index (χ1v) is 12.4. The van der Waals surface area contributed by atoms with Crippen LogP contribution in [0.4, 0.5) is 14.5 Å². The summed E-state index contributed by atoms with van der Waals surface area (Å²) in [7, 11) is 0. The van der Waals surface area contributed by atoms with E-state index in [2.05, 4.69) is 5.32 Å². The van der Waals surface area contributed by atoms with Gasteiger partial charge in [0.2, 0.25) is 0 Å². The largest absolute Gasteiger partial charge is 0.481 e. The van der Waals surface area contributed by atoms with Gasteiger partial charge in [0.05, 0.1) is 12.3 Å². The van der Waals surface area contributed by atoms with Gasteiger partial charge >= 0.3 is 0 Å². The quantitative estimate of drug-likeness (QED) is 0.320. The summed E-state index contributed by atoms with van der Waals surface area (Å²) < 4.78 is 38.7. The molecule has 0 saturated carbocycles. The van der Waals surface area contributed by atoms with Gasteiger partial charge in [0, 0.05) is 12.2 Å². The molecule has 194 valence electrons. The minimum atomic E-state index is -0.829. The van der Waals surface area contributed by atoms with Crippen molar-refractivity contribution >= 4 is 17.5 Å². The first kappa shape index (κ1) is 25.2. The molecule has 0 spiro atoms. The Morgan fingerprint density at radius 3 is 2.55 bits per heavy atom. The number of fused-ring (bicyclic) bond motifs is 1. The highest BCUT2D eigenvalue weighted by molar-refractivity contribution is 5.94. The molecule has 0 radical (unpaired) electrons. The van der Waals surface area contributed by atoms with Gasteiger partial charge in [-0.3, -0.25) is 9.59 Å². The average Bonchev–Trinajstić information content (AvgIpc) is 3.46.